The van der Waals surface area contributed by atoms with Crippen LogP contribution in [0, 0.1) is 0 Å². The van der Waals surface area contributed by atoms with Crippen molar-refractivity contribution in [2.45, 2.75) is 13.5 Å². The maximum absolute atomic E-state index is 12.2. The topological polar surface area (TPSA) is 58.6 Å². The second-order valence-corrected chi connectivity index (χ2v) is 5.72. The Morgan fingerprint density at radius 2 is 1.88 bits per heavy atom. The largest absolute Gasteiger partial charge is 0.497 e. The summed E-state index contributed by atoms with van der Waals surface area (Å²) >= 11 is 5.89. The van der Waals surface area contributed by atoms with Gasteiger partial charge in [-0.2, -0.15) is 0 Å². The van der Waals surface area contributed by atoms with Crippen LogP contribution in [0.2, 0.25) is 5.02 Å². The molecule has 6 heteroatoms. The second-order valence-electron chi connectivity index (χ2n) is 5.28. The lowest BCUT2D eigenvalue weighted by Crippen LogP contribution is -2.36. The molecule has 0 aliphatic heterocycles. The predicted molar refractivity (Wildman–Crippen MR) is 94.2 cm³/mol. The van der Waals surface area contributed by atoms with Crippen LogP contribution in [0.1, 0.15) is 12.5 Å². The minimum absolute atomic E-state index is 0.0339. The zero-order valence-corrected chi connectivity index (χ0v) is 14.3. The van der Waals surface area contributed by atoms with Crippen LogP contribution in [0.25, 0.3) is 0 Å². The third-order valence-corrected chi connectivity index (χ3v) is 3.66. The standard InChI is InChI=1S/C18H19ClN2O3/c1-13(22)21(11-14-6-8-17(24-2)9-7-14)12-18(23)20-16-5-3-4-15(19)10-16/h3-10H,11-12H2,1-2H3,(H,20,23). The Labute approximate surface area is 146 Å². The maximum atomic E-state index is 12.2. The summed E-state index contributed by atoms with van der Waals surface area (Å²) in [5.41, 5.74) is 1.52. The molecule has 0 bridgehead atoms. The number of rotatable bonds is 6. The van der Waals surface area contributed by atoms with Gasteiger partial charge in [0.1, 0.15) is 12.3 Å². The minimum Gasteiger partial charge on any atom is -0.497 e. The highest BCUT2D eigenvalue weighted by molar-refractivity contribution is 6.30. The molecule has 0 aromatic heterocycles. The van der Waals surface area contributed by atoms with Gasteiger partial charge >= 0.3 is 0 Å². The summed E-state index contributed by atoms with van der Waals surface area (Å²) in [5, 5.41) is 3.27. The predicted octanol–water partition coefficient (Wildman–Crippen LogP) is 3.34. The SMILES string of the molecule is COc1ccc(CN(CC(=O)Nc2cccc(Cl)c2)C(C)=O)cc1. The van der Waals surface area contributed by atoms with Gasteiger partial charge in [0.25, 0.3) is 0 Å². The number of amides is 2. The van der Waals surface area contributed by atoms with Gasteiger partial charge < -0.3 is 15.0 Å². The molecule has 2 amide bonds. The Balaban J connectivity index is 1.99. The molecule has 5 nitrogen and oxygen atoms in total. The molecule has 0 unspecified atom stereocenters. The summed E-state index contributed by atoms with van der Waals surface area (Å²) in [5.74, 6) is 0.292. The van der Waals surface area contributed by atoms with Crippen LogP contribution < -0.4 is 10.1 Å². The van der Waals surface area contributed by atoms with Gasteiger partial charge in [0.2, 0.25) is 11.8 Å². The van der Waals surface area contributed by atoms with E-state index in [2.05, 4.69) is 5.32 Å². The number of benzene rings is 2. The van der Waals surface area contributed by atoms with Crippen LogP contribution in [0.5, 0.6) is 5.75 Å². The van der Waals surface area contributed by atoms with Crippen LogP contribution in [-0.4, -0.2) is 30.4 Å². The first kappa shape index (κ1) is 17.8. The number of methoxy groups -OCH3 is 1. The lowest BCUT2D eigenvalue weighted by Gasteiger charge is -2.21. The molecule has 2 aromatic rings. The highest BCUT2D eigenvalue weighted by Crippen LogP contribution is 2.16. The van der Waals surface area contributed by atoms with Crippen molar-refractivity contribution in [2.75, 3.05) is 19.0 Å². The first-order valence-corrected chi connectivity index (χ1v) is 7.79. The number of hydrogen-bond acceptors (Lipinski definition) is 3. The molecule has 24 heavy (non-hydrogen) atoms. The lowest BCUT2D eigenvalue weighted by molar-refractivity contribution is -0.133. The lowest BCUT2D eigenvalue weighted by atomic mass is 10.2. The fraction of sp³-hybridized carbons (Fsp3) is 0.222. The van der Waals surface area contributed by atoms with Crippen molar-refractivity contribution < 1.29 is 14.3 Å². The van der Waals surface area contributed by atoms with Gasteiger partial charge in [-0.25, -0.2) is 0 Å². The van der Waals surface area contributed by atoms with E-state index in [0.29, 0.717) is 17.3 Å². The van der Waals surface area contributed by atoms with Crippen molar-refractivity contribution in [1.82, 2.24) is 4.90 Å². The van der Waals surface area contributed by atoms with E-state index in [9.17, 15) is 9.59 Å². The van der Waals surface area contributed by atoms with Crippen molar-refractivity contribution in [1.29, 1.82) is 0 Å². The quantitative estimate of drug-likeness (QED) is 0.872. The van der Waals surface area contributed by atoms with Crippen LogP contribution in [-0.2, 0) is 16.1 Å². The maximum Gasteiger partial charge on any atom is 0.244 e. The molecule has 0 heterocycles. The number of nitrogens with zero attached hydrogens (tertiary/aromatic N) is 1. The van der Waals surface area contributed by atoms with Crippen LogP contribution in [0.4, 0.5) is 5.69 Å². The number of nitrogens with one attached hydrogen (secondary N) is 1. The molecule has 0 fully saturated rings. The molecule has 0 radical (unpaired) electrons. The molecule has 0 aliphatic carbocycles. The Morgan fingerprint density at radius 3 is 2.46 bits per heavy atom. The summed E-state index contributed by atoms with van der Waals surface area (Å²) < 4.78 is 5.11. The third-order valence-electron chi connectivity index (χ3n) is 3.42. The molecule has 1 N–H and O–H groups in total. The smallest absolute Gasteiger partial charge is 0.244 e. The van der Waals surface area contributed by atoms with E-state index in [1.807, 2.05) is 24.3 Å². The van der Waals surface area contributed by atoms with Crippen LogP contribution in [0.3, 0.4) is 0 Å². The van der Waals surface area contributed by atoms with Crippen molar-refractivity contribution >= 4 is 29.1 Å². The Morgan fingerprint density at radius 1 is 1.17 bits per heavy atom. The molecule has 0 spiro atoms. The molecule has 2 rings (SSSR count). The van der Waals surface area contributed by atoms with E-state index in [1.165, 1.54) is 11.8 Å². The third kappa shape index (κ3) is 5.28. The number of anilines is 1. The van der Waals surface area contributed by atoms with Crippen LogP contribution >= 0.6 is 11.6 Å². The summed E-state index contributed by atoms with van der Waals surface area (Å²) in [7, 11) is 1.59. The van der Waals surface area contributed by atoms with Gasteiger partial charge in [0.15, 0.2) is 0 Å². The first-order valence-electron chi connectivity index (χ1n) is 7.42. The zero-order chi connectivity index (χ0) is 17.5. The fourth-order valence-corrected chi connectivity index (χ4v) is 2.36. The molecule has 126 valence electrons. The molecular weight excluding hydrogens is 328 g/mol. The average molecular weight is 347 g/mol. The summed E-state index contributed by atoms with van der Waals surface area (Å²) in [6.07, 6.45) is 0. The van der Waals surface area contributed by atoms with Crippen molar-refractivity contribution in [3.8, 4) is 5.75 Å². The minimum atomic E-state index is -0.277. The van der Waals surface area contributed by atoms with Crippen LogP contribution in [0.15, 0.2) is 48.5 Å². The molecule has 0 aliphatic rings. The first-order chi connectivity index (χ1) is 11.5. The number of carbonyl (C=O) groups is 2. The summed E-state index contributed by atoms with van der Waals surface area (Å²) in [6.45, 7) is 1.76. The fourth-order valence-electron chi connectivity index (χ4n) is 2.17. The summed E-state index contributed by atoms with van der Waals surface area (Å²) in [6, 6.07) is 14.2. The van der Waals surface area contributed by atoms with Crippen molar-refractivity contribution in [3.63, 3.8) is 0 Å². The van der Waals surface area contributed by atoms with Gasteiger partial charge in [-0.15, -0.1) is 0 Å². The summed E-state index contributed by atoms with van der Waals surface area (Å²) in [4.78, 5) is 25.4. The molecule has 2 aromatic carbocycles. The highest BCUT2D eigenvalue weighted by atomic mass is 35.5. The van der Waals surface area contributed by atoms with E-state index < -0.39 is 0 Å². The van der Waals surface area contributed by atoms with E-state index in [0.717, 1.165) is 11.3 Å². The molecule has 0 saturated carbocycles. The van der Waals surface area contributed by atoms with E-state index in [1.54, 1.807) is 31.4 Å². The average Bonchev–Trinajstić information content (AvgIpc) is 2.54. The van der Waals surface area contributed by atoms with E-state index in [4.69, 9.17) is 16.3 Å². The zero-order valence-electron chi connectivity index (χ0n) is 13.6. The second kappa shape index (κ2) is 8.36. The number of hydrogen-bond donors (Lipinski definition) is 1. The van der Waals surface area contributed by atoms with E-state index in [-0.39, 0.29) is 18.4 Å². The Hall–Kier alpha value is -2.53. The Kier molecular flexibility index (Phi) is 6.21. The molecule has 0 saturated heterocycles. The monoisotopic (exact) mass is 346 g/mol. The van der Waals surface area contributed by atoms with Gasteiger partial charge in [-0.1, -0.05) is 29.8 Å². The normalized spacial score (nSPS) is 10.1. The molecule has 0 atom stereocenters. The van der Waals surface area contributed by atoms with Gasteiger partial charge in [-0.05, 0) is 35.9 Å². The van der Waals surface area contributed by atoms with Crippen molar-refractivity contribution in [3.05, 3.63) is 59.1 Å². The van der Waals surface area contributed by atoms with Crippen molar-refractivity contribution in [2.24, 2.45) is 0 Å². The highest BCUT2D eigenvalue weighted by Gasteiger charge is 2.14. The van der Waals surface area contributed by atoms with Gasteiger partial charge in [0.05, 0.1) is 7.11 Å². The van der Waals surface area contributed by atoms with Gasteiger partial charge in [-0.3, -0.25) is 9.59 Å². The van der Waals surface area contributed by atoms with Gasteiger partial charge in [0, 0.05) is 24.2 Å². The number of ether oxygens (including phenoxy) is 1. The number of halogens is 1. The Bertz CT molecular complexity index is 716. The number of carbonyl (C=O) groups excluding carboxylic acids is 2. The van der Waals surface area contributed by atoms with E-state index >= 15 is 0 Å². The molecular formula is C18H19ClN2O3.